The van der Waals surface area contributed by atoms with Gasteiger partial charge in [-0.25, -0.2) is 4.79 Å². The first-order valence-electron chi connectivity index (χ1n) is 4.32. The van der Waals surface area contributed by atoms with E-state index in [2.05, 4.69) is 5.32 Å². The summed E-state index contributed by atoms with van der Waals surface area (Å²) >= 11 is 0. The molecule has 0 aromatic heterocycles. The predicted octanol–water partition coefficient (Wildman–Crippen LogP) is 0.897. The van der Waals surface area contributed by atoms with Crippen molar-refractivity contribution in [3.8, 4) is 0 Å². The van der Waals surface area contributed by atoms with E-state index in [4.69, 9.17) is 10.2 Å². The first-order valence-corrected chi connectivity index (χ1v) is 4.32. The normalized spacial score (nSPS) is 28.0. The molecule has 1 fully saturated rings. The molecule has 0 unspecified atom stereocenters. The number of hydrogen-bond donors (Lipinski definition) is 3. The number of carboxylic acid groups (broad SMARTS) is 2. The summed E-state index contributed by atoms with van der Waals surface area (Å²) in [5, 5.41) is 19.4. The van der Waals surface area contributed by atoms with Crippen LogP contribution in [-0.2, 0) is 4.79 Å². The van der Waals surface area contributed by atoms with Crippen LogP contribution in [0, 0.1) is 5.92 Å². The highest BCUT2D eigenvalue weighted by Gasteiger charge is 2.26. The molecule has 74 valence electrons. The van der Waals surface area contributed by atoms with E-state index < -0.39 is 12.1 Å². The summed E-state index contributed by atoms with van der Waals surface area (Å²) in [6, 6.07) is -0.0619. The Morgan fingerprint density at radius 3 is 2.00 bits per heavy atom. The van der Waals surface area contributed by atoms with Gasteiger partial charge in [-0.1, -0.05) is 0 Å². The van der Waals surface area contributed by atoms with Crippen LogP contribution in [0.4, 0.5) is 4.79 Å². The van der Waals surface area contributed by atoms with Crippen LogP contribution in [0.25, 0.3) is 0 Å². The number of amides is 1. The van der Waals surface area contributed by atoms with Crippen molar-refractivity contribution in [2.24, 2.45) is 5.92 Å². The zero-order valence-electron chi connectivity index (χ0n) is 7.19. The molecule has 0 heterocycles. The summed E-state index contributed by atoms with van der Waals surface area (Å²) in [5.74, 6) is -1.05. The first-order chi connectivity index (χ1) is 6.09. The average Bonchev–Trinajstić information content (AvgIpc) is 2.04. The van der Waals surface area contributed by atoms with E-state index in [0.717, 1.165) is 0 Å². The van der Waals surface area contributed by atoms with E-state index in [1.807, 2.05) is 0 Å². The summed E-state index contributed by atoms with van der Waals surface area (Å²) in [7, 11) is 0. The van der Waals surface area contributed by atoms with E-state index in [-0.39, 0.29) is 12.0 Å². The van der Waals surface area contributed by atoms with Crippen LogP contribution in [0.3, 0.4) is 0 Å². The van der Waals surface area contributed by atoms with Crippen molar-refractivity contribution >= 4 is 12.1 Å². The molecule has 0 bridgehead atoms. The van der Waals surface area contributed by atoms with Crippen LogP contribution in [0.15, 0.2) is 0 Å². The highest BCUT2D eigenvalue weighted by Crippen LogP contribution is 2.24. The quantitative estimate of drug-likeness (QED) is 0.599. The van der Waals surface area contributed by atoms with Gasteiger partial charge in [0.25, 0.3) is 0 Å². The highest BCUT2D eigenvalue weighted by molar-refractivity contribution is 5.70. The summed E-state index contributed by atoms with van der Waals surface area (Å²) in [5.41, 5.74) is 0. The topological polar surface area (TPSA) is 86.6 Å². The number of carbonyl (C=O) groups is 2. The fourth-order valence-corrected chi connectivity index (χ4v) is 1.66. The second-order valence-electron chi connectivity index (χ2n) is 3.34. The molecule has 1 saturated carbocycles. The van der Waals surface area contributed by atoms with Gasteiger partial charge < -0.3 is 15.5 Å². The third kappa shape index (κ3) is 2.93. The first kappa shape index (κ1) is 9.83. The van der Waals surface area contributed by atoms with Crippen LogP contribution >= 0.6 is 0 Å². The Balaban J connectivity index is 2.30. The van der Waals surface area contributed by atoms with Crippen molar-refractivity contribution in [3.05, 3.63) is 0 Å². The van der Waals surface area contributed by atoms with E-state index in [1.54, 1.807) is 0 Å². The molecule has 3 N–H and O–H groups in total. The number of carboxylic acids is 1. The maximum absolute atomic E-state index is 10.5. The lowest BCUT2D eigenvalue weighted by atomic mass is 9.86. The zero-order valence-corrected chi connectivity index (χ0v) is 7.19. The lowest BCUT2D eigenvalue weighted by Crippen LogP contribution is -2.37. The lowest BCUT2D eigenvalue weighted by molar-refractivity contribution is -0.142. The number of hydrogen-bond acceptors (Lipinski definition) is 2. The number of nitrogens with one attached hydrogen (secondary N) is 1. The summed E-state index contributed by atoms with van der Waals surface area (Å²) in [6.07, 6.45) is 1.37. The number of rotatable bonds is 2. The maximum Gasteiger partial charge on any atom is 0.404 e. The molecule has 1 rings (SSSR count). The second-order valence-corrected chi connectivity index (χ2v) is 3.34. The zero-order chi connectivity index (χ0) is 9.84. The molecule has 1 aliphatic carbocycles. The molecule has 0 atom stereocenters. The molecule has 1 amide bonds. The SMILES string of the molecule is O=C(O)NC1CCC(C(=O)O)CC1. The second kappa shape index (κ2) is 4.11. The van der Waals surface area contributed by atoms with Gasteiger partial charge in [0.15, 0.2) is 0 Å². The van der Waals surface area contributed by atoms with Gasteiger partial charge in [-0.3, -0.25) is 4.79 Å². The van der Waals surface area contributed by atoms with E-state index in [9.17, 15) is 9.59 Å². The molecule has 0 saturated heterocycles. The van der Waals surface area contributed by atoms with E-state index >= 15 is 0 Å². The fraction of sp³-hybridized carbons (Fsp3) is 0.750. The summed E-state index contributed by atoms with van der Waals surface area (Å²) < 4.78 is 0. The Hall–Kier alpha value is -1.26. The van der Waals surface area contributed by atoms with Gasteiger partial charge in [-0.15, -0.1) is 0 Å². The molecule has 0 spiro atoms. The minimum absolute atomic E-state index is 0.0619. The van der Waals surface area contributed by atoms with Crippen LogP contribution in [-0.4, -0.2) is 28.3 Å². The van der Waals surface area contributed by atoms with Crippen LogP contribution in [0.2, 0.25) is 0 Å². The van der Waals surface area contributed by atoms with Crippen molar-refractivity contribution in [1.29, 1.82) is 0 Å². The average molecular weight is 187 g/mol. The third-order valence-corrected chi connectivity index (χ3v) is 2.40. The van der Waals surface area contributed by atoms with Gasteiger partial charge in [0.05, 0.1) is 5.92 Å². The van der Waals surface area contributed by atoms with Gasteiger partial charge in [0.1, 0.15) is 0 Å². The van der Waals surface area contributed by atoms with Gasteiger partial charge in [-0.05, 0) is 25.7 Å². The fourth-order valence-electron chi connectivity index (χ4n) is 1.66. The van der Waals surface area contributed by atoms with E-state index in [1.165, 1.54) is 0 Å². The van der Waals surface area contributed by atoms with Crippen LogP contribution in [0.1, 0.15) is 25.7 Å². The Labute approximate surface area is 75.7 Å². The van der Waals surface area contributed by atoms with Crippen LogP contribution in [0.5, 0.6) is 0 Å². The summed E-state index contributed by atoms with van der Waals surface area (Å²) in [4.78, 5) is 20.8. The molecule has 0 aromatic carbocycles. The molecule has 5 nitrogen and oxygen atoms in total. The van der Waals surface area contributed by atoms with Crippen molar-refractivity contribution in [2.45, 2.75) is 31.7 Å². The molecule has 13 heavy (non-hydrogen) atoms. The van der Waals surface area contributed by atoms with Crippen molar-refractivity contribution in [1.82, 2.24) is 5.32 Å². The minimum atomic E-state index is -1.03. The van der Waals surface area contributed by atoms with Gasteiger partial charge >= 0.3 is 12.1 Å². The third-order valence-electron chi connectivity index (χ3n) is 2.40. The predicted molar refractivity (Wildman–Crippen MR) is 44.5 cm³/mol. The van der Waals surface area contributed by atoms with Crippen LogP contribution < -0.4 is 5.32 Å². The summed E-state index contributed by atoms with van der Waals surface area (Å²) in [6.45, 7) is 0. The molecule has 5 heteroatoms. The van der Waals surface area contributed by atoms with E-state index in [0.29, 0.717) is 25.7 Å². The molecule has 0 aliphatic heterocycles. The van der Waals surface area contributed by atoms with Gasteiger partial charge in [-0.2, -0.15) is 0 Å². The largest absolute Gasteiger partial charge is 0.481 e. The maximum atomic E-state index is 10.5. The minimum Gasteiger partial charge on any atom is -0.481 e. The standard InChI is InChI=1S/C8H13NO4/c10-7(11)5-1-3-6(4-2-5)9-8(12)13/h5-6,9H,1-4H2,(H,10,11)(H,12,13). The highest BCUT2D eigenvalue weighted by atomic mass is 16.4. The smallest absolute Gasteiger partial charge is 0.404 e. The monoisotopic (exact) mass is 187 g/mol. The van der Waals surface area contributed by atoms with Gasteiger partial charge in [0.2, 0.25) is 0 Å². The molecular formula is C8H13NO4. The van der Waals surface area contributed by atoms with Crippen molar-refractivity contribution < 1.29 is 19.8 Å². The Morgan fingerprint density at radius 2 is 1.62 bits per heavy atom. The molecule has 0 radical (unpaired) electrons. The number of aliphatic carboxylic acids is 1. The van der Waals surface area contributed by atoms with Crippen molar-refractivity contribution in [2.75, 3.05) is 0 Å². The van der Waals surface area contributed by atoms with Gasteiger partial charge in [0, 0.05) is 6.04 Å². The molecular weight excluding hydrogens is 174 g/mol. The Kier molecular flexibility index (Phi) is 3.11. The van der Waals surface area contributed by atoms with Crippen molar-refractivity contribution in [3.63, 3.8) is 0 Å². The Bertz CT molecular complexity index is 208. The Morgan fingerprint density at radius 1 is 1.08 bits per heavy atom. The molecule has 0 aromatic rings. The molecule has 1 aliphatic rings. The lowest BCUT2D eigenvalue weighted by Gasteiger charge is -2.25.